The molecular weight excluding hydrogens is 459 g/mol. The Morgan fingerprint density at radius 3 is 2.33 bits per heavy atom. The fourth-order valence-corrected chi connectivity index (χ4v) is 6.13. The number of carbonyl (C=O) groups excluding carboxylic acids is 2. The molecule has 7 nitrogen and oxygen atoms in total. The molecule has 0 spiro atoms. The lowest BCUT2D eigenvalue weighted by Gasteiger charge is -2.30. The Bertz CT molecular complexity index is 1020. The number of hydrogen-bond donors (Lipinski definition) is 1. The summed E-state index contributed by atoms with van der Waals surface area (Å²) in [6.45, 7) is 5.04. The van der Waals surface area contributed by atoms with E-state index in [9.17, 15) is 31.2 Å². The Morgan fingerprint density at radius 2 is 1.73 bits per heavy atom. The van der Waals surface area contributed by atoms with E-state index in [1.807, 2.05) is 5.32 Å². The number of aryl methyl sites for hydroxylation is 1. The van der Waals surface area contributed by atoms with E-state index >= 15 is 0 Å². The molecule has 2 aliphatic rings. The summed E-state index contributed by atoms with van der Waals surface area (Å²) in [6, 6.07) is 1.88. The first kappa shape index (κ1) is 25.5. The topological polar surface area (TPSA) is 86.8 Å². The minimum Gasteiger partial charge on any atom is -0.345 e. The van der Waals surface area contributed by atoms with Crippen LogP contribution in [0.5, 0.6) is 0 Å². The molecule has 1 N–H and O–H groups in total. The van der Waals surface area contributed by atoms with Crippen LogP contribution >= 0.6 is 0 Å². The van der Waals surface area contributed by atoms with Gasteiger partial charge in [0.1, 0.15) is 12.6 Å². The van der Waals surface area contributed by atoms with Crippen molar-refractivity contribution in [3.63, 3.8) is 0 Å². The average molecular weight is 490 g/mol. The number of likely N-dealkylation sites (tertiary alicyclic amines) is 1. The number of halogens is 3. The van der Waals surface area contributed by atoms with Gasteiger partial charge < -0.3 is 10.2 Å². The Kier molecular flexibility index (Phi) is 7.42. The number of alkyl halides is 3. The fraction of sp³-hybridized carbons (Fsp3) is 0.636. The summed E-state index contributed by atoms with van der Waals surface area (Å²) < 4.78 is 65.6. The zero-order chi connectivity index (χ0) is 24.6. The Balaban J connectivity index is 1.86. The standard InChI is InChI=1S/C22H30F3N3O4S/c1-14-6-9-27(10-7-14)33(31,32)19-12-17(11-15(2)16(19)3)21(30)28-8-4-5-18(28)20(29)26-13-22(23,24)25/h11-12,14,18H,4-10,13H2,1-3H3,(H,26,29). The molecule has 33 heavy (non-hydrogen) atoms. The second kappa shape index (κ2) is 9.61. The highest BCUT2D eigenvalue weighted by atomic mass is 32.2. The van der Waals surface area contributed by atoms with E-state index in [1.54, 1.807) is 19.9 Å². The van der Waals surface area contributed by atoms with Gasteiger partial charge in [0.25, 0.3) is 5.91 Å². The van der Waals surface area contributed by atoms with Crippen LogP contribution in [0.25, 0.3) is 0 Å². The SMILES string of the molecule is Cc1cc(C(=O)N2CCCC2C(=O)NCC(F)(F)F)cc(S(=O)(=O)N2CCC(C)CC2)c1C. The molecule has 0 radical (unpaired) electrons. The van der Waals surface area contributed by atoms with Gasteiger partial charge in [0.15, 0.2) is 0 Å². The van der Waals surface area contributed by atoms with E-state index in [4.69, 9.17) is 0 Å². The number of hydrogen-bond acceptors (Lipinski definition) is 4. The van der Waals surface area contributed by atoms with Gasteiger partial charge in [-0.15, -0.1) is 0 Å². The van der Waals surface area contributed by atoms with Crippen molar-refractivity contribution in [3.05, 3.63) is 28.8 Å². The van der Waals surface area contributed by atoms with Gasteiger partial charge in [0, 0.05) is 25.2 Å². The average Bonchev–Trinajstić information content (AvgIpc) is 3.23. The number of carbonyl (C=O) groups is 2. The third-order valence-electron chi connectivity index (χ3n) is 6.51. The second-order valence-corrected chi connectivity index (χ2v) is 10.9. The van der Waals surface area contributed by atoms with Crippen LogP contribution in [0.1, 0.15) is 54.1 Å². The molecule has 1 aromatic carbocycles. The molecule has 1 unspecified atom stereocenters. The Labute approximate surface area is 192 Å². The number of nitrogens with one attached hydrogen (secondary N) is 1. The molecule has 0 bridgehead atoms. The van der Waals surface area contributed by atoms with Gasteiger partial charge in [-0.1, -0.05) is 6.92 Å². The normalized spacial score (nSPS) is 20.8. The molecule has 184 valence electrons. The van der Waals surface area contributed by atoms with Crippen molar-refractivity contribution in [2.24, 2.45) is 5.92 Å². The number of rotatable bonds is 5. The van der Waals surface area contributed by atoms with Crippen molar-refractivity contribution >= 4 is 21.8 Å². The summed E-state index contributed by atoms with van der Waals surface area (Å²) in [5.74, 6) is -0.980. The molecule has 0 saturated carbocycles. The van der Waals surface area contributed by atoms with E-state index in [-0.39, 0.29) is 23.4 Å². The molecule has 11 heteroatoms. The molecule has 2 amide bonds. The molecule has 3 rings (SSSR count). The summed E-state index contributed by atoms with van der Waals surface area (Å²) in [4.78, 5) is 26.8. The third kappa shape index (κ3) is 5.68. The minimum atomic E-state index is -4.55. The summed E-state index contributed by atoms with van der Waals surface area (Å²) in [5.41, 5.74) is 1.27. The molecule has 2 saturated heterocycles. The van der Waals surface area contributed by atoms with Crippen LogP contribution in [0.4, 0.5) is 13.2 Å². The monoisotopic (exact) mass is 489 g/mol. The first-order valence-corrected chi connectivity index (χ1v) is 12.5. The fourth-order valence-electron chi connectivity index (χ4n) is 4.34. The number of amides is 2. The smallest absolute Gasteiger partial charge is 0.345 e. The van der Waals surface area contributed by atoms with Gasteiger partial charge in [0.05, 0.1) is 4.90 Å². The van der Waals surface area contributed by atoms with E-state index in [0.29, 0.717) is 36.6 Å². The van der Waals surface area contributed by atoms with Crippen LogP contribution in [0.15, 0.2) is 17.0 Å². The molecule has 2 heterocycles. The van der Waals surface area contributed by atoms with Crippen molar-refractivity contribution in [2.75, 3.05) is 26.2 Å². The quantitative estimate of drug-likeness (QED) is 0.689. The number of piperidine rings is 1. The highest BCUT2D eigenvalue weighted by Gasteiger charge is 2.37. The molecule has 0 aromatic heterocycles. The lowest BCUT2D eigenvalue weighted by molar-refractivity contribution is -0.140. The summed E-state index contributed by atoms with van der Waals surface area (Å²) in [7, 11) is -3.81. The first-order valence-electron chi connectivity index (χ1n) is 11.1. The minimum absolute atomic E-state index is 0.0534. The van der Waals surface area contributed by atoms with E-state index < -0.39 is 40.6 Å². The van der Waals surface area contributed by atoms with Crippen LogP contribution in [-0.4, -0.2) is 67.8 Å². The van der Waals surface area contributed by atoms with E-state index in [1.165, 1.54) is 15.3 Å². The predicted octanol–water partition coefficient (Wildman–Crippen LogP) is 3.01. The highest BCUT2D eigenvalue weighted by Crippen LogP contribution is 2.29. The van der Waals surface area contributed by atoms with Crippen molar-refractivity contribution in [3.8, 4) is 0 Å². The summed E-state index contributed by atoms with van der Waals surface area (Å²) in [5, 5.41) is 1.84. The van der Waals surface area contributed by atoms with E-state index in [0.717, 1.165) is 12.8 Å². The maximum absolute atomic E-state index is 13.3. The van der Waals surface area contributed by atoms with Gasteiger partial charge >= 0.3 is 6.18 Å². The molecule has 2 aliphatic heterocycles. The Morgan fingerprint density at radius 1 is 1.09 bits per heavy atom. The van der Waals surface area contributed by atoms with Gasteiger partial charge in [-0.2, -0.15) is 17.5 Å². The van der Waals surface area contributed by atoms with Gasteiger partial charge in [-0.25, -0.2) is 8.42 Å². The van der Waals surface area contributed by atoms with Crippen molar-refractivity contribution in [1.82, 2.24) is 14.5 Å². The zero-order valence-electron chi connectivity index (χ0n) is 19.0. The number of nitrogens with zero attached hydrogens (tertiary/aromatic N) is 2. The van der Waals surface area contributed by atoms with Crippen LogP contribution in [0.2, 0.25) is 0 Å². The lowest BCUT2D eigenvalue weighted by Crippen LogP contribution is -2.48. The van der Waals surface area contributed by atoms with E-state index in [2.05, 4.69) is 6.92 Å². The molecular formula is C22H30F3N3O4S. The second-order valence-electron chi connectivity index (χ2n) is 8.99. The van der Waals surface area contributed by atoms with Crippen molar-refractivity contribution in [2.45, 2.75) is 63.6 Å². The van der Waals surface area contributed by atoms with Crippen LogP contribution in [-0.2, 0) is 14.8 Å². The predicted molar refractivity (Wildman–Crippen MR) is 116 cm³/mol. The van der Waals surface area contributed by atoms with Crippen molar-refractivity contribution in [1.29, 1.82) is 0 Å². The van der Waals surface area contributed by atoms with Crippen molar-refractivity contribution < 1.29 is 31.2 Å². The van der Waals surface area contributed by atoms with Crippen LogP contribution in [0.3, 0.4) is 0 Å². The molecule has 1 atom stereocenters. The highest BCUT2D eigenvalue weighted by molar-refractivity contribution is 7.89. The maximum Gasteiger partial charge on any atom is 0.405 e. The molecule has 2 fully saturated rings. The summed E-state index contributed by atoms with van der Waals surface area (Å²) in [6.07, 6.45) is -2.31. The first-order chi connectivity index (χ1) is 15.3. The number of benzene rings is 1. The van der Waals surface area contributed by atoms with Gasteiger partial charge in [-0.3, -0.25) is 9.59 Å². The zero-order valence-corrected chi connectivity index (χ0v) is 19.9. The van der Waals surface area contributed by atoms with Crippen LogP contribution in [0, 0.1) is 19.8 Å². The van der Waals surface area contributed by atoms with Gasteiger partial charge in [-0.05, 0) is 68.7 Å². The molecule has 0 aliphatic carbocycles. The van der Waals surface area contributed by atoms with Gasteiger partial charge in [0.2, 0.25) is 15.9 Å². The maximum atomic E-state index is 13.3. The largest absolute Gasteiger partial charge is 0.405 e. The third-order valence-corrected chi connectivity index (χ3v) is 8.53. The number of sulfonamides is 1. The lowest BCUT2D eigenvalue weighted by atomic mass is 10.0. The Hall–Kier alpha value is -2.14. The summed E-state index contributed by atoms with van der Waals surface area (Å²) >= 11 is 0. The molecule has 1 aromatic rings. The van der Waals surface area contributed by atoms with Crippen LogP contribution < -0.4 is 5.32 Å².